The van der Waals surface area contributed by atoms with Crippen molar-refractivity contribution < 1.29 is 4.79 Å². The number of primary amides is 1. The molecule has 0 radical (unpaired) electrons. The van der Waals surface area contributed by atoms with Crippen LogP contribution in [0.25, 0.3) is 10.9 Å². The van der Waals surface area contributed by atoms with Gasteiger partial charge in [0, 0.05) is 11.6 Å². The number of urea groups is 1. The molecule has 2 N–H and O–H groups in total. The molecule has 0 aliphatic heterocycles. The lowest BCUT2D eigenvalue weighted by Gasteiger charge is -2.23. The molecule has 2 amide bonds. The predicted molar refractivity (Wildman–Crippen MR) is 103 cm³/mol. The van der Waals surface area contributed by atoms with Gasteiger partial charge >= 0.3 is 6.03 Å². The smallest absolute Gasteiger partial charge is 0.319 e. The van der Waals surface area contributed by atoms with E-state index in [-0.39, 0.29) is 5.41 Å². The summed E-state index contributed by atoms with van der Waals surface area (Å²) in [5, 5.41) is 0.981. The minimum Gasteiger partial charge on any atom is -0.351 e. The summed E-state index contributed by atoms with van der Waals surface area (Å²) in [6.07, 6.45) is 1.73. The fourth-order valence-electron chi connectivity index (χ4n) is 2.88. The number of pyridine rings is 1. The Kier molecular flexibility index (Phi) is 4.45. The Morgan fingerprint density at radius 3 is 2.36 bits per heavy atom. The highest BCUT2D eigenvalue weighted by molar-refractivity contribution is 6.00. The first kappa shape index (κ1) is 17.0. The van der Waals surface area contributed by atoms with Gasteiger partial charge in [-0.1, -0.05) is 63.2 Å². The molecule has 25 heavy (non-hydrogen) atoms. The third kappa shape index (κ3) is 3.63. The molecule has 0 aliphatic carbocycles. The number of fused-ring (bicyclic) bond motifs is 1. The number of nitrogens with two attached hydrogens (primary N) is 1. The fraction of sp³-hybridized carbons (Fsp3) is 0.238. The van der Waals surface area contributed by atoms with Crippen LogP contribution in [-0.2, 0) is 12.0 Å². The molecule has 4 heteroatoms. The molecule has 0 spiro atoms. The maximum atomic E-state index is 12.1. The Morgan fingerprint density at radius 2 is 1.72 bits per heavy atom. The van der Waals surface area contributed by atoms with E-state index in [1.807, 2.05) is 30.3 Å². The molecule has 0 atom stereocenters. The minimum absolute atomic E-state index is 0.0987. The SMILES string of the molecule is CC(C)(C)c1ccc(CN(C(N)=O)c2cccc3cccnc23)cc1. The van der Waals surface area contributed by atoms with E-state index in [2.05, 4.69) is 50.0 Å². The summed E-state index contributed by atoms with van der Waals surface area (Å²) >= 11 is 0. The Bertz CT molecular complexity index is 890. The maximum Gasteiger partial charge on any atom is 0.319 e. The molecule has 3 rings (SSSR count). The third-order valence-corrected chi connectivity index (χ3v) is 4.33. The minimum atomic E-state index is -0.488. The van der Waals surface area contributed by atoms with Crippen LogP contribution in [0.3, 0.4) is 0 Å². The first-order valence-corrected chi connectivity index (χ1v) is 8.36. The summed E-state index contributed by atoms with van der Waals surface area (Å²) in [6, 6.07) is 17.5. The van der Waals surface area contributed by atoms with Crippen molar-refractivity contribution in [2.24, 2.45) is 5.73 Å². The van der Waals surface area contributed by atoms with Crippen LogP contribution in [0, 0.1) is 0 Å². The first-order chi connectivity index (χ1) is 11.9. The van der Waals surface area contributed by atoms with Gasteiger partial charge in [-0.05, 0) is 28.7 Å². The number of nitrogens with zero attached hydrogens (tertiary/aromatic N) is 2. The largest absolute Gasteiger partial charge is 0.351 e. The molecule has 3 aromatic rings. The van der Waals surface area contributed by atoms with Crippen molar-refractivity contribution in [1.29, 1.82) is 0 Å². The summed E-state index contributed by atoms with van der Waals surface area (Å²) in [6.45, 7) is 6.95. The van der Waals surface area contributed by atoms with E-state index in [0.717, 1.165) is 22.2 Å². The van der Waals surface area contributed by atoms with Crippen molar-refractivity contribution in [2.75, 3.05) is 4.90 Å². The van der Waals surface area contributed by atoms with Gasteiger partial charge in [-0.25, -0.2) is 4.79 Å². The summed E-state index contributed by atoms with van der Waals surface area (Å²) in [5.74, 6) is 0. The molecule has 128 valence electrons. The first-order valence-electron chi connectivity index (χ1n) is 8.36. The zero-order chi connectivity index (χ0) is 18.0. The van der Waals surface area contributed by atoms with Gasteiger partial charge in [0.1, 0.15) is 0 Å². The molecule has 0 aliphatic rings. The molecule has 0 fully saturated rings. The molecule has 0 saturated carbocycles. The second-order valence-electron chi connectivity index (χ2n) is 7.22. The monoisotopic (exact) mass is 333 g/mol. The highest BCUT2D eigenvalue weighted by Crippen LogP contribution is 2.27. The number of aromatic nitrogens is 1. The number of hydrogen-bond donors (Lipinski definition) is 1. The quantitative estimate of drug-likeness (QED) is 0.760. The number of amides is 2. The van der Waals surface area contributed by atoms with Crippen molar-refractivity contribution in [1.82, 2.24) is 4.98 Å². The van der Waals surface area contributed by atoms with E-state index < -0.39 is 6.03 Å². The highest BCUT2D eigenvalue weighted by Gasteiger charge is 2.17. The van der Waals surface area contributed by atoms with E-state index in [9.17, 15) is 4.79 Å². The number of para-hydroxylation sites is 1. The molecular formula is C21H23N3O. The van der Waals surface area contributed by atoms with Crippen LogP contribution in [0.15, 0.2) is 60.8 Å². The summed E-state index contributed by atoms with van der Waals surface area (Å²) in [7, 11) is 0. The molecule has 2 aromatic carbocycles. The molecular weight excluding hydrogens is 310 g/mol. The topological polar surface area (TPSA) is 59.2 Å². The van der Waals surface area contributed by atoms with E-state index in [4.69, 9.17) is 5.73 Å². The molecule has 0 saturated heterocycles. The third-order valence-electron chi connectivity index (χ3n) is 4.33. The van der Waals surface area contributed by atoms with Gasteiger partial charge in [-0.15, -0.1) is 0 Å². The standard InChI is InChI=1S/C21H23N3O/c1-21(2,3)17-11-9-15(10-12-17)14-24(20(22)25)18-8-4-6-16-7-5-13-23-19(16)18/h4-13H,14H2,1-3H3,(H2,22,25). The Labute approximate surface area is 148 Å². The zero-order valence-electron chi connectivity index (χ0n) is 14.9. The van der Waals surface area contributed by atoms with Crippen LogP contribution in [0.5, 0.6) is 0 Å². The van der Waals surface area contributed by atoms with Crippen molar-refractivity contribution >= 4 is 22.6 Å². The van der Waals surface area contributed by atoms with Crippen molar-refractivity contribution in [3.05, 3.63) is 71.9 Å². The van der Waals surface area contributed by atoms with Crippen LogP contribution in [-0.4, -0.2) is 11.0 Å². The molecule has 0 unspecified atom stereocenters. The molecule has 1 aromatic heterocycles. The van der Waals surface area contributed by atoms with E-state index in [0.29, 0.717) is 6.54 Å². The highest BCUT2D eigenvalue weighted by atomic mass is 16.2. The average molecular weight is 333 g/mol. The predicted octanol–water partition coefficient (Wildman–Crippen LogP) is 4.62. The number of carbonyl (C=O) groups is 1. The Morgan fingerprint density at radius 1 is 1.04 bits per heavy atom. The lowest BCUT2D eigenvalue weighted by Crippen LogP contribution is -2.35. The summed E-state index contributed by atoms with van der Waals surface area (Å²) < 4.78 is 0. The fourth-order valence-corrected chi connectivity index (χ4v) is 2.88. The Balaban J connectivity index is 1.96. The van der Waals surface area contributed by atoms with E-state index in [1.54, 1.807) is 11.1 Å². The number of rotatable bonds is 3. The van der Waals surface area contributed by atoms with E-state index >= 15 is 0 Å². The van der Waals surface area contributed by atoms with Gasteiger partial charge in [0.2, 0.25) is 0 Å². The summed E-state index contributed by atoms with van der Waals surface area (Å²) in [4.78, 5) is 18.1. The molecule has 1 heterocycles. The van der Waals surface area contributed by atoms with Crippen LogP contribution < -0.4 is 10.6 Å². The van der Waals surface area contributed by atoms with Crippen LogP contribution in [0.1, 0.15) is 31.9 Å². The van der Waals surface area contributed by atoms with E-state index in [1.165, 1.54) is 5.56 Å². The van der Waals surface area contributed by atoms with Gasteiger partial charge in [0.05, 0.1) is 17.7 Å². The second kappa shape index (κ2) is 6.55. The summed E-state index contributed by atoms with van der Waals surface area (Å²) in [5.41, 5.74) is 9.55. The number of carbonyl (C=O) groups excluding carboxylic acids is 1. The molecule has 4 nitrogen and oxygen atoms in total. The van der Waals surface area contributed by atoms with Gasteiger partial charge in [-0.3, -0.25) is 9.88 Å². The number of benzene rings is 2. The van der Waals surface area contributed by atoms with Crippen molar-refractivity contribution in [2.45, 2.75) is 32.7 Å². The van der Waals surface area contributed by atoms with Crippen LogP contribution in [0.2, 0.25) is 0 Å². The molecule has 0 bridgehead atoms. The van der Waals surface area contributed by atoms with Crippen molar-refractivity contribution in [3.63, 3.8) is 0 Å². The van der Waals surface area contributed by atoms with Gasteiger partial charge in [0.25, 0.3) is 0 Å². The van der Waals surface area contributed by atoms with Crippen LogP contribution in [0.4, 0.5) is 10.5 Å². The normalized spacial score (nSPS) is 11.5. The number of anilines is 1. The maximum absolute atomic E-state index is 12.1. The van der Waals surface area contributed by atoms with Crippen LogP contribution >= 0.6 is 0 Å². The number of hydrogen-bond acceptors (Lipinski definition) is 2. The van der Waals surface area contributed by atoms with Gasteiger partial charge < -0.3 is 5.73 Å². The zero-order valence-corrected chi connectivity index (χ0v) is 14.9. The second-order valence-corrected chi connectivity index (χ2v) is 7.22. The Hall–Kier alpha value is -2.88. The lowest BCUT2D eigenvalue weighted by molar-refractivity contribution is 0.253. The van der Waals surface area contributed by atoms with Gasteiger partial charge in [-0.2, -0.15) is 0 Å². The lowest BCUT2D eigenvalue weighted by atomic mass is 9.87. The van der Waals surface area contributed by atoms with Gasteiger partial charge in [0.15, 0.2) is 0 Å². The van der Waals surface area contributed by atoms with Crippen molar-refractivity contribution in [3.8, 4) is 0 Å². The average Bonchev–Trinajstić information content (AvgIpc) is 2.59.